The summed E-state index contributed by atoms with van der Waals surface area (Å²) in [5, 5.41) is 0. The second kappa shape index (κ2) is 6.45. The van der Waals surface area contributed by atoms with Crippen LogP contribution in [0.4, 0.5) is 0 Å². The van der Waals surface area contributed by atoms with Crippen LogP contribution < -0.4 is 0 Å². The van der Waals surface area contributed by atoms with Crippen LogP contribution in [0.25, 0.3) is 0 Å². The molecular weight excluding hydrogens is 218 g/mol. The molecule has 0 amide bonds. The van der Waals surface area contributed by atoms with Gasteiger partial charge in [-0.05, 0) is 57.8 Å². The fourth-order valence-corrected chi connectivity index (χ4v) is 3.76. The molecule has 1 saturated heterocycles. The van der Waals surface area contributed by atoms with Gasteiger partial charge in [-0.3, -0.25) is 0 Å². The maximum atomic E-state index is 4.36. The zero-order valence-electron chi connectivity index (χ0n) is 12.1. The van der Waals surface area contributed by atoms with Gasteiger partial charge in [0.15, 0.2) is 0 Å². The van der Waals surface area contributed by atoms with Gasteiger partial charge in [-0.15, -0.1) is 6.58 Å². The number of piperidine rings is 1. The number of nitrogens with zero attached hydrogens (tertiary/aromatic N) is 1. The lowest BCUT2D eigenvalue weighted by Gasteiger charge is -2.46. The van der Waals surface area contributed by atoms with Crippen LogP contribution in [0.2, 0.25) is 0 Å². The van der Waals surface area contributed by atoms with Crippen molar-refractivity contribution in [3.8, 4) is 0 Å². The summed E-state index contributed by atoms with van der Waals surface area (Å²) in [7, 11) is 0. The van der Waals surface area contributed by atoms with Crippen LogP contribution in [0.15, 0.2) is 24.4 Å². The van der Waals surface area contributed by atoms with E-state index in [1.807, 2.05) is 0 Å². The molecule has 2 unspecified atom stereocenters. The summed E-state index contributed by atoms with van der Waals surface area (Å²) in [4.78, 5) is 2.66. The van der Waals surface area contributed by atoms with E-state index in [-0.39, 0.29) is 0 Å². The van der Waals surface area contributed by atoms with Crippen LogP contribution in [0, 0.1) is 5.92 Å². The van der Waals surface area contributed by atoms with Crippen molar-refractivity contribution in [1.29, 1.82) is 0 Å². The molecule has 102 valence electrons. The highest BCUT2D eigenvalue weighted by molar-refractivity contribution is 5.02. The topological polar surface area (TPSA) is 3.24 Å². The lowest BCUT2D eigenvalue weighted by atomic mass is 9.78. The zero-order valence-corrected chi connectivity index (χ0v) is 12.1. The standard InChI is InChI=1S/C17H29N/c1-14(2)8-6-9-15(3)18-13-7-11-16-10-4-5-12-17(16)18/h16-17H,1,3-13H2,2H3. The Morgan fingerprint density at radius 3 is 2.56 bits per heavy atom. The Labute approximate surface area is 113 Å². The van der Waals surface area contributed by atoms with Crippen LogP contribution >= 0.6 is 0 Å². The molecule has 2 aliphatic rings. The Bertz CT molecular complexity index is 303. The number of hydrogen-bond acceptors (Lipinski definition) is 1. The Hall–Kier alpha value is -0.720. The maximum absolute atomic E-state index is 4.36. The smallest absolute Gasteiger partial charge is 0.0314 e. The molecule has 0 spiro atoms. The number of allylic oxidation sites excluding steroid dienone is 2. The fraction of sp³-hybridized carbons (Fsp3) is 0.765. The van der Waals surface area contributed by atoms with Gasteiger partial charge in [0.05, 0.1) is 0 Å². The summed E-state index contributed by atoms with van der Waals surface area (Å²) in [5.74, 6) is 0.963. The average Bonchev–Trinajstić information content (AvgIpc) is 2.37. The minimum Gasteiger partial charge on any atom is -0.372 e. The molecule has 0 aromatic heterocycles. The first-order chi connectivity index (χ1) is 8.68. The first kappa shape index (κ1) is 13.7. The Morgan fingerprint density at radius 1 is 1.06 bits per heavy atom. The lowest BCUT2D eigenvalue weighted by molar-refractivity contribution is 0.0872. The van der Waals surface area contributed by atoms with Crippen molar-refractivity contribution in [2.24, 2.45) is 5.92 Å². The predicted octanol–water partition coefficient (Wildman–Crippen LogP) is 4.90. The largest absolute Gasteiger partial charge is 0.372 e. The normalized spacial score (nSPS) is 27.7. The van der Waals surface area contributed by atoms with E-state index in [0.717, 1.165) is 24.8 Å². The molecule has 1 saturated carbocycles. The van der Waals surface area contributed by atoms with Crippen molar-refractivity contribution in [1.82, 2.24) is 4.90 Å². The molecule has 0 radical (unpaired) electrons. The molecule has 1 aliphatic carbocycles. The van der Waals surface area contributed by atoms with Crippen molar-refractivity contribution in [2.75, 3.05) is 6.54 Å². The van der Waals surface area contributed by atoms with Crippen molar-refractivity contribution in [2.45, 2.75) is 70.8 Å². The molecule has 2 rings (SSSR count). The molecule has 18 heavy (non-hydrogen) atoms. The van der Waals surface area contributed by atoms with Gasteiger partial charge >= 0.3 is 0 Å². The third-order valence-electron chi connectivity index (χ3n) is 4.72. The molecule has 1 aliphatic heterocycles. The second-order valence-electron chi connectivity index (χ2n) is 6.32. The summed E-state index contributed by atoms with van der Waals surface area (Å²) in [6, 6.07) is 0.824. The maximum Gasteiger partial charge on any atom is 0.0314 e. The van der Waals surface area contributed by atoms with Gasteiger partial charge in [-0.1, -0.05) is 25.0 Å². The van der Waals surface area contributed by atoms with Gasteiger partial charge < -0.3 is 4.90 Å². The predicted molar refractivity (Wildman–Crippen MR) is 79.5 cm³/mol. The molecule has 1 heteroatoms. The van der Waals surface area contributed by atoms with Gasteiger partial charge in [0, 0.05) is 18.3 Å². The summed E-state index contributed by atoms with van der Waals surface area (Å²) < 4.78 is 0. The van der Waals surface area contributed by atoms with E-state index in [2.05, 4.69) is 25.0 Å². The van der Waals surface area contributed by atoms with Crippen molar-refractivity contribution in [3.05, 3.63) is 24.4 Å². The molecule has 0 aromatic rings. The third kappa shape index (κ3) is 3.40. The molecule has 1 heterocycles. The molecule has 1 nitrogen and oxygen atoms in total. The molecule has 0 N–H and O–H groups in total. The first-order valence-corrected chi connectivity index (χ1v) is 7.77. The average molecular weight is 247 g/mol. The molecule has 0 aromatic carbocycles. The van der Waals surface area contributed by atoms with Crippen LogP contribution in [0.1, 0.15) is 64.7 Å². The lowest BCUT2D eigenvalue weighted by Crippen LogP contribution is -2.45. The Kier molecular flexibility index (Phi) is 4.91. The molecule has 2 atom stereocenters. The van der Waals surface area contributed by atoms with E-state index in [1.54, 1.807) is 0 Å². The van der Waals surface area contributed by atoms with Crippen LogP contribution in [-0.2, 0) is 0 Å². The Balaban J connectivity index is 1.85. The SMILES string of the molecule is C=C(C)CCCC(=C)N1CCCC2CCCCC21. The summed E-state index contributed by atoms with van der Waals surface area (Å²) in [5.41, 5.74) is 2.70. The number of rotatable bonds is 5. The fourth-order valence-electron chi connectivity index (χ4n) is 3.76. The van der Waals surface area contributed by atoms with Crippen LogP contribution in [-0.4, -0.2) is 17.5 Å². The number of likely N-dealkylation sites (tertiary alicyclic amines) is 1. The van der Waals surface area contributed by atoms with E-state index in [0.29, 0.717) is 0 Å². The van der Waals surface area contributed by atoms with Crippen molar-refractivity contribution < 1.29 is 0 Å². The quantitative estimate of drug-likeness (QED) is 0.624. The number of fused-ring (bicyclic) bond motifs is 1. The minimum absolute atomic E-state index is 0.824. The number of hydrogen-bond donors (Lipinski definition) is 0. The van der Waals surface area contributed by atoms with Crippen molar-refractivity contribution in [3.63, 3.8) is 0 Å². The highest BCUT2D eigenvalue weighted by Crippen LogP contribution is 2.37. The molecule has 0 bridgehead atoms. The summed E-state index contributed by atoms with van der Waals surface area (Å²) in [6.45, 7) is 11.7. The van der Waals surface area contributed by atoms with Crippen molar-refractivity contribution >= 4 is 0 Å². The van der Waals surface area contributed by atoms with Crippen LogP contribution in [0.3, 0.4) is 0 Å². The highest BCUT2D eigenvalue weighted by Gasteiger charge is 2.33. The Morgan fingerprint density at radius 2 is 1.78 bits per heavy atom. The molecule has 2 fully saturated rings. The summed E-state index contributed by atoms with van der Waals surface area (Å²) in [6.07, 6.45) is 12.1. The van der Waals surface area contributed by atoms with E-state index in [1.165, 1.54) is 62.8 Å². The van der Waals surface area contributed by atoms with E-state index in [4.69, 9.17) is 0 Å². The monoisotopic (exact) mass is 247 g/mol. The van der Waals surface area contributed by atoms with Crippen LogP contribution in [0.5, 0.6) is 0 Å². The van der Waals surface area contributed by atoms with Gasteiger partial charge in [-0.2, -0.15) is 0 Å². The van der Waals surface area contributed by atoms with Gasteiger partial charge in [0.2, 0.25) is 0 Å². The second-order valence-corrected chi connectivity index (χ2v) is 6.32. The zero-order chi connectivity index (χ0) is 13.0. The van der Waals surface area contributed by atoms with Gasteiger partial charge in [-0.25, -0.2) is 0 Å². The van der Waals surface area contributed by atoms with Gasteiger partial charge in [0.1, 0.15) is 0 Å². The van der Waals surface area contributed by atoms with E-state index < -0.39 is 0 Å². The van der Waals surface area contributed by atoms with E-state index >= 15 is 0 Å². The highest BCUT2D eigenvalue weighted by atomic mass is 15.2. The van der Waals surface area contributed by atoms with Gasteiger partial charge in [0.25, 0.3) is 0 Å². The minimum atomic E-state index is 0.824. The first-order valence-electron chi connectivity index (χ1n) is 7.77. The molecular formula is C17H29N. The third-order valence-corrected chi connectivity index (χ3v) is 4.72. The van der Waals surface area contributed by atoms with E-state index in [9.17, 15) is 0 Å². The summed E-state index contributed by atoms with van der Waals surface area (Å²) >= 11 is 0.